The van der Waals surface area contributed by atoms with Crippen molar-refractivity contribution in [3.63, 3.8) is 0 Å². The van der Waals surface area contributed by atoms with E-state index in [9.17, 15) is 19.2 Å². The van der Waals surface area contributed by atoms with E-state index in [4.69, 9.17) is 14.2 Å². The van der Waals surface area contributed by atoms with Crippen molar-refractivity contribution >= 4 is 11.9 Å². The standard InChI is InChI=1S/C20H23N3O7/c1-28-13-5-6-16(29-2)14(10-13)15-4-3-8-23(15)18(25)12-30-19(26)11-22-9-7-17(24)21-20(22)27/h5-7,9-10,15H,3-4,8,11-12H2,1-2H3,(H,21,24,27)/t15-/m0/s1. The Morgan fingerprint density at radius 3 is 2.67 bits per heavy atom. The Labute approximate surface area is 172 Å². The summed E-state index contributed by atoms with van der Waals surface area (Å²) in [5.41, 5.74) is -0.461. The molecule has 30 heavy (non-hydrogen) atoms. The largest absolute Gasteiger partial charge is 0.497 e. The van der Waals surface area contributed by atoms with Crippen LogP contribution < -0.4 is 20.7 Å². The number of carbonyl (C=O) groups excluding carboxylic acids is 2. The number of nitrogens with zero attached hydrogens (tertiary/aromatic N) is 2. The van der Waals surface area contributed by atoms with Crippen LogP contribution in [0.2, 0.25) is 0 Å². The number of amides is 1. The van der Waals surface area contributed by atoms with Crippen LogP contribution in [0.5, 0.6) is 11.5 Å². The highest BCUT2D eigenvalue weighted by Gasteiger charge is 2.32. The van der Waals surface area contributed by atoms with Crippen molar-refractivity contribution in [2.75, 3.05) is 27.4 Å². The van der Waals surface area contributed by atoms with Gasteiger partial charge in [-0.1, -0.05) is 0 Å². The summed E-state index contributed by atoms with van der Waals surface area (Å²) in [5.74, 6) is 0.203. The third-order valence-corrected chi connectivity index (χ3v) is 4.92. The molecule has 2 heterocycles. The van der Waals surface area contributed by atoms with Gasteiger partial charge in [0.25, 0.3) is 11.5 Å². The molecule has 0 aliphatic carbocycles. The summed E-state index contributed by atoms with van der Waals surface area (Å²) in [6.07, 6.45) is 2.74. The lowest BCUT2D eigenvalue weighted by molar-refractivity contribution is -0.153. The van der Waals surface area contributed by atoms with Gasteiger partial charge in [-0.25, -0.2) is 4.79 Å². The second-order valence-corrected chi connectivity index (χ2v) is 6.75. The van der Waals surface area contributed by atoms with E-state index in [1.165, 1.54) is 6.20 Å². The van der Waals surface area contributed by atoms with Gasteiger partial charge in [0.15, 0.2) is 6.61 Å². The summed E-state index contributed by atoms with van der Waals surface area (Å²) in [6, 6.07) is 6.31. The molecule has 1 aromatic heterocycles. The van der Waals surface area contributed by atoms with E-state index >= 15 is 0 Å². The highest BCUT2D eigenvalue weighted by atomic mass is 16.5. The van der Waals surface area contributed by atoms with Crippen molar-refractivity contribution in [2.45, 2.75) is 25.4 Å². The number of hydrogen-bond donors (Lipinski definition) is 1. The molecule has 2 aromatic rings. The van der Waals surface area contributed by atoms with Gasteiger partial charge in [-0.2, -0.15) is 0 Å². The lowest BCUT2D eigenvalue weighted by Gasteiger charge is -2.26. The molecule has 3 rings (SSSR count). The van der Waals surface area contributed by atoms with Crippen LogP contribution in [-0.4, -0.2) is 53.7 Å². The zero-order valence-electron chi connectivity index (χ0n) is 16.8. The summed E-state index contributed by atoms with van der Waals surface area (Å²) in [7, 11) is 3.13. The molecule has 0 radical (unpaired) electrons. The Morgan fingerprint density at radius 1 is 1.17 bits per heavy atom. The first kappa shape index (κ1) is 21.2. The Hall–Kier alpha value is -3.56. The van der Waals surface area contributed by atoms with Gasteiger partial charge in [-0.15, -0.1) is 0 Å². The summed E-state index contributed by atoms with van der Waals surface area (Å²) < 4.78 is 16.8. The lowest BCUT2D eigenvalue weighted by Crippen LogP contribution is -2.36. The van der Waals surface area contributed by atoms with Crippen LogP contribution in [0.15, 0.2) is 40.1 Å². The number of ether oxygens (including phenoxy) is 3. The Bertz CT molecular complexity index is 1040. The first-order valence-electron chi connectivity index (χ1n) is 9.39. The number of H-pyrrole nitrogens is 1. The van der Waals surface area contributed by atoms with Gasteiger partial charge in [-0.3, -0.25) is 23.9 Å². The van der Waals surface area contributed by atoms with Gasteiger partial charge in [0.2, 0.25) is 0 Å². The molecule has 0 spiro atoms. The first-order chi connectivity index (χ1) is 14.4. The predicted molar refractivity (Wildman–Crippen MR) is 106 cm³/mol. The second-order valence-electron chi connectivity index (χ2n) is 6.75. The molecular weight excluding hydrogens is 394 g/mol. The topological polar surface area (TPSA) is 120 Å². The van der Waals surface area contributed by atoms with Crippen LogP contribution in [0.4, 0.5) is 0 Å². The van der Waals surface area contributed by atoms with Crippen molar-refractivity contribution in [1.82, 2.24) is 14.5 Å². The average Bonchev–Trinajstić information content (AvgIpc) is 3.23. The third kappa shape index (κ3) is 4.70. The van der Waals surface area contributed by atoms with E-state index in [1.807, 2.05) is 11.1 Å². The van der Waals surface area contributed by atoms with Gasteiger partial charge < -0.3 is 19.1 Å². The molecule has 0 saturated carbocycles. The van der Waals surface area contributed by atoms with E-state index in [0.29, 0.717) is 18.0 Å². The number of benzene rings is 1. The molecule has 1 atom stereocenters. The monoisotopic (exact) mass is 417 g/mol. The highest BCUT2D eigenvalue weighted by Crippen LogP contribution is 2.38. The molecule has 160 valence electrons. The quantitative estimate of drug-likeness (QED) is 0.650. The number of hydrogen-bond acceptors (Lipinski definition) is 7. The summed E-state index contributed by atoms with van der Waals surface area (Å²) in [5, 5.41) is 0. The third-order valence-electron chi connectivity index (χ3n) is 4.92. The minimum Gasteiger partial charge on any atom is -0.497 e. The number of methoxy groups -OCH3 is 2. The smallest absolute Gasteiger partial charge is 0.328 e. The van der Waals surface area contributed by atoms with Crippen molar-refractivity contribution in [2.24, 2.45) is 0 Å². The molecule has 10 heteroatoms. The molecule has 1 saturated heterocycles. The molecule has 0 bridgehead atoms. The fourth-order valence-corrected chi connectivity index (χ4v) is 3.47. The zero-order valence-corrected chi connectivity index (χ0v) is 16.8. The van der Waals surface area contributed by atoms with Gasteiger partial charge in [0.05, 0.1) is 20.3 Å². The predicted octanol–water partition coefficient (Wildman–Crippen LogP) is 0.461. The summed E-state index contributed by atoms with van der Waals surface area (Å²) >= 11 is 0. The second kappa shape index (κ2) is 9.29. The van der Waals surface area contributed by atoms with E-state index in [-0.39, 0.29) is 11.9 Å². The maximum atomic E-state index is 12.7. The maximum Gasteiger partial charge on any atom is 0.328 e. The van der Waals surface area contributed by atoms with E-state index in [2.05, 4.69) is 0 Å². The van der Waals surface area contributed by atoms with Crippen LogP contribution in [-0.2, 0) is 20.9 Å². The molecule has 1 aromatic carbocycles. The van der Waals surface area contributed by atoms with Crippen molar-refractivity contribution in [3.05, 3.63) is 56.9 Å². The summed E-state index contributed by atoms with van der Waals surface area (Å²) in [4.78, 5) is 51.1. The van der Waals surface area contributed by atoms with Crippen LogP contribution in [0, 0.1) is 0 Å². The molecule has 1 fully saturated rings. The minimum absolute atomic E-state index is 0.219. The number of nitrogens with one attached hydrogen (secondary N) is 1. The van der Waals surface area contributed by atoms with Crippen LogP contribution in [0.1, 0.15) is 24.4 Å². The van der Waals surface area contributed by atoms with Gasteiger partial charge in [0, 0.05) is 24.4 Å². The van der Waals surface area contributed by atoms with Gasteiger partial charge >= 0.3 is 11.7 Å². The Balaban J connectivity index is 1.65. The number of rotatable bonds is 7. The molecule has 0 unspecified atom stereocenters. The van der Waals surface area contributed by atoms with Crippen LogP contribution in [0.25, 0.3) is 0 Å². The fraction of sp³-hybridized carbons (Fsp3) is 0.400. The van der Waals surface area contributed by atoms with E-state index < -0.39 is 30.4 Å². The van der Waals surface area contributed by atoms with Gasteiger partial charge in [-0.05, 0) is 31.0 Å². The Morgan fingerprint density at radius 2 is 1.97 bits per heavy atom. The van der Waals surface area contributed by atoms with Crippen molar-refractivity contribution < 1.29 is 23.8 Å². The number of carbonyl (C=O) groups is 2. The first-order valence-corrected chi connectivity index (χ1v) is 9.39. The number of aromatic nitrogens is 2. The molecule has 1 amide bonds. The van der Waals surface area contributed by atoms with Crippen LogP contribution in [0.3, 0.4) is 0 Å². The SMILES string of the molecule is COc1ccc(OC)c([C@@H]2CCCN2C(=O)COC(=O)Cn2ccc(=O)[nH]c2=O)c1. The average molecular weight is 417 g/mol. The highest BCUT2D eigenvalue weighted by molar-refractivity contribution is 5.81. The van der Waals surface area contributed by atoms with E-state index in [0.717, 1.165) is 29.0 Å². The lowest BCUT2D eigenvalue weighted by atomic mass is 10.0. The number of esters is 1. The Kier molecular flexibility index (Phi) is 6.55. The van der Waals surface area contributed by atoms with Gasteiger partial charge in [0.1, 0.15) is 18.0 Å². The number of likely N-dealkylation sites (tertiary alicyclic amines) is 1. The fourth-order valence-electron chi connectivity index (χ4n) is 3.47. The van der Waals surface area contributed by atoms with E-state index in [1.54, 1.807) is 31.3 Å². The maximum absolute atomic E-state index is 12.7. The zero-order chi connectivity index (χ0) is 21.7. The summed E-state index contributed by atoms with van der Waals surface area (Å²) in [6.45, 7) is -0.323. The molecule has 1 aliphatic heterocycles. The molecule has 10 nitrogen and oxygen atoms in total. The van der Waals surface area contributed by atoms with Crippen molar-refractivity contribution in [1.29, 1.82) is 0 Å². The molecule has 1 aliphatic rings. The minimum atomic E-state index is -0.757. The van der Waals surface area contributed by atoms with Crippen molar-refractivity contribution in [3.8, 4) is 11.5 Å². The normalized spacial score (nSPS) is 15.7. The van der Waals surface area contributed by atoms with Crippen LogP contribution >= 0.6 is 0 Å². The molecule has 1 N–H and O–H groups in total. The molecular formula is C20H23N3O7. The number of aromatic amines is 1.